The highest BCUT2D eigenvalue weighted by Crippen LogP contribution is 2.33. The van der Waals surface area contributed by atoms with Crippen LogP contribution in [0.5, 0.6) is 11.5 Å². The highest BCUT2D eigenvalue weighted by Gasteiger charge is 2.13. The van der Waals surface area contributed by atoms with Gasteiger partial charge in [-0.1, -0.05) is 6.08 Å². The Bertz CT molecular complexity index is 974. The molecular weight excluding hydrogens is 351 g/mol. The van der Waals surface area contributed by atoms with Crippen LogP contribution < -0.4 is 14.3 Å². The number of thiazole rings is 1. The lowest BCUT2D eigenvalue weighted by Crippen LogP contribution is -2.15. The molecule has 0 aliphatic carbocycles. The highest BCUT2D eigenvalue weighted by atomic mass is 32.1. The van der Waals surface area contributed by atoms with Gasteiger partial charge in [0.25, 0.3) is 0 Å². The number of aromatic nitrogens is 1. The van der Waals surface area contributed by atoms with Gasteiger partial charge in [-0.25, -0.2) is 9.38 Å². The van der Waals surface area contributed by atoms with E-state index in [0.29, 0.717) is 12.2 Å². The molecule has 26 heavy (non-hydrogen) atoms. The summed E-state index contributed by atoms with van der Waals surface area (Å²) in [5, 5.41) is 2.02. The third kappa shape index (κ3) is 3.70. The predicted octanol–water partition coefficient (Wildman–Crippen LogP) is 4.79. The third-order valence-electron chi connectivity index (χ3n) is 3.84. The van der Waals surface area contributed by atoms with Crippen LogP contribution >= 0.6 is 11.3 Å². The van der Waals surface area contributed by atoms with Gasteiger partial charge in [0.1, 0.15) is 17.3 Å². The zero-order chi connectivity index (χ0) is 18.5. The standard InChI is InChI=1S/C20H19FN2O2S/c1-4-11-23-18(17-12-16(24-2)9-10-19(17)25-3)13-26-20(23)22-15-7-5-14(21)6-8-15/h4-10,12-13H,1,11H2,2-3H3. The quantitative estimate of drug-likeness (QED) is 0.585. The summed E-state index contributed by atoms with van der Waals surface area (Å²) in [4.78, 5) is 5.43. The molecule has 2 aromatic carbocycles. The maximum Gasteiger partial charge on any atom is 0.190 e. The molecule has 0 spiro atoms. The first-order valence-corrected chi connectivity index (χ1v) is 8.86. The lowest BCUT2D eigenvalue weighted by Gasteiger charge is -2.12. The Labute approximate surface area is 155 Å². The van der Waals surface area contributed by atoms with Crippen LogP contribution in [0.2, 0.25) is 0 Å². The van der Waals surface area contributed by atoms with Crippen LogP contribution in [-0.4, -0.2) is 18.8 Å². The van der Waals surface area contributed by atoms with E-state index in [0.717, 1.165) is 27.6 Å². The molecule has 134 valence electrons. The van der Waals surface area contributed by atoms with Gasteiger partial charge in [0, 0.05) is 17.5 Å². The van der Waals surface area contributed by atoms with Gasteiger partial charge < -0.3 is 14.0 Å². The minimum atomic E-state index is -0.282. The fourth-order valence-electron chi connectivity index (χ4n) is 2.58. The molecule has 6 heteroatoms. The van der Waals surface area contributed by atoms with Crippen molar-refractivity contribution < 1.29 is 13.9 Å². The lowest BCUT2D eigenvalue weighted by atomic mass is 10.1. The van der Waals surface area contributed by atoms with Gasteiger partial charge in [-0.3, -0.25) is 0 Å². The number of halogens is 1. The summed E-state index contributed by atoms with van der Waals surface area (Å²) in [5.41, 5.74) is 2.55. The molecule has 0 aliphatic heterocycles. The number of methoxy groups -OCH3 is 2. The Kier molecular flexibility index (Phi) is 5.53. The maximum atomic E-state index is 13.1. The number of hydrogen-bond donors (Lipinski definition) is 0. The van der Waals surface area contributed by atoms with Crippen LogP contribution in [0.25, 0.3) is 11.3 Å². The second-order valence-electron chi connectivity index (χ2n) is 5.46. The zero-order valence-electron chi connectivity index (χ0n) is 14.6. The molecule has 0 unspecified atom stereocenters. The van der Waals surface area contributed by atoms with Crippen molar-refractivity contribution in [2.45, 2.75) is 6.54 Å². The summed E-state index contributed by atoms with van der Waals surface area (Å²) in [6, 6.07) is 11.8. The lowest BCUT2D eigenvalue weighted by molar-refractivity contribution is 0.404. The van der Waals surface area contributed by atoms with Crippen molar-refractivity contribution in [3.63, 3.8) is 0 Å². The first-order chi connectivity index (χ1) is 12.7. The first kappa shape index (κ1) is 17.9. The van der Waals surface area contributed by atoms with Crippen molar-refractivity contribution in [3.05, 3.63) is 71.1 Å². The molecule has 0 aliphatic rings. The Balaban J connectivity index is 2.17. The van der Waals surface area contributed by atoms with Crippen LogP contribution in [0.1, 0.15) is 0 Å². The van der Waals surface area contributed by atoms with Gasteiger partial charge in [0.15, 0.2) is 4.80 Å². The molecule has 1 heterocycles. The van der Waals surface area contributed by atoms with Crippen molar-refractivity contribution in [2.24, 2.45) is 4.99 Å². The third-order valence-corrected chi connectivity index (χ3v) is 4.71. The van der Waals surface area contributed by atoms with Crippen LogP contribution in [0, 0.1) is 5.82 Å². The summed E-state index contributed by atoms with van der Waals surface area (Å²) >= 11 is 1.50. The predicted molar refractivity (Wildman–Crippen MR) is 103 cm³/mol. The fraction of sp³-hybridized carbons (Fsp3) is 0.150. The van der Waals surface area contributed by atoms with Gasteiger partial charge in [0.2, 0.25) is 0 Å². The van der Waals surface area contributed by atoms with Gasteiger partial charge in [0.05, 0.1) is 25.6 Å². The second-order valence-corrected chi connectivity index (χ2v) is 6.29. The molecule has 0 N–H and O–H groups in total. The molecule has 0 radical (unpaired) electrons. The van der Waals surface area contributed by atoms with E-state index in [9.17, 15) is 4.39 Å². The van der Waals surface area contributed by atoms with Crippen molar-refractivity contribution >= 4 is 17.0 Å². The smallest absolute Gasteiger partial charge is 0.190 e. The molecule has 3 aromatic rings. The molecule has 0 saturated heterocycles. The fourth-order valence-corrected chi connectivity index (χ4v) is 3.51. The van der Waals surface area contributed by atoms with Crippen molar-refractivity contribution in [2.75, 3.05) is 14.2 Å². The molecule has 0 fully saturated rings. The zero-order valence-corrected chi connectivity index (χ0v) is 15.4. The monoisotopic (exact) mass is 370 g/mol. The Morgan fingerprint density at radius 3 is 2.58 bits per heavy atom. The average Bonchev–Trinajstić information content (AvgIpc) is 3.05. The number of allylic oxidation sites excluding steroid dienone is 1. The summed E-state index contributed by atoms with van der Waals surface area (Å²) in [6.45, 7) is 4.43. The summed E-state index contributed by atoms with van der Waals surface area (Å²) in [6.07, 6.45) is 1.81. The number of rotatable bonds is 6. The molecule has 0 atom stereocenters. The average molecular weight is 370 g/mol. The van der Waals surface area contributed by atoms with E-state index in [-0.39, 0.29) is 5.82 Å². The molecule has 0 saturated carbocycles. The van der Waals surface area contributed by atoms with E-state index in [4.69, 9.17) is 9.47 Å². The number of benzene rings is 2. The number of nitrogens with zero attached hydrogens (tertiary/aromatic N) is 2. The van der Waals surface area contributed by atoms with Gasteiger partial charge in [-0.2, -0.15) is 0 Å². The highest BCUT2D eigenvalue weighted by molar-refractivity contribution is 7.07. The van der Waals surface area contributed by atoms with E-state index < -0.39 is 0 Å². The molecule has 0 bridgehead atoms. The SMILES string of the molecule is C=CCn1c(-c2cc(OC)ccc2OC)csc1=Nc1ccc(F)cc1. The van der Waals surface area contributed by atoms with Crippen LogP contribution in [0.15, 0.2) is 65.5 Å². The topological polar surface area (TPSA) is 35.8 Å². The normalized spacial score (nSPS) is 11.4. The summed E-state index contributed by atoms with van der Waals surface area (Å²) in [5.74, 6) is 1.21. The molecule has 1 aromatic heterocycles. The minimum absolute atomic E-state index is 0.282. The van der Waals surface area contributed by atoms with Crippen molar-refractivity contribution in [3.8, 4) is 22.8 Å². The van der Waals surface area contributed by atoms with E-state index in [1.807, 2.05) is 34.2 Å². The first-order valence-electron chi connectivity index (χ1n) is 7.98. The van der Waals surface area contributed by atoms with Crippen LogP contribution in [0.4, 0.5) is 10.1 Å². The van der Waals surface area contributed by atoms with Crippen molar-refractivity contribution in [1.29, 1.82) is 0 Å². The Morgan fingerprint density at radius 1 is 1.15 bits per heavy atom. The molecule has 3 rings (SSSR count). The van der Waals surface area contributed by atoms with Gasteiger partial charge >= 0.3 is 0 Å². The molecule has 0 amide bonds. The Morgan fingerprint density at radius 2 is 1.92 bits per heavy atom. The largest absolute Gasteiger partial charge is 0.497 e. The second kappa shape index (κ2) is 8.01. The van der Waals surface area contributed by atoms with E-state index in [1.165, 1.54) is 23.5 Å². The number of hydrogen-bond acceptors (Lipinski definition) is 4. The Hall–Kier alpha value is -2.86. The van der Waals surface area contributed by atoms with Gasteiger partial charge in [-0.05, 0) is 42.5 Å². The maximum absolute atomic E-state index is 13.1. The van der Waals surface area contributed by atoms with E-state index in [1.54, 1.807) is 26.4 Å². The van der Waals surface area contributed by atoms with Crippen LogP contribution in [-0.2, 0) is 6.54 Å². The van der Waals surface area contributed by atoms with Crippen molar-refractivity contribution in [1.82, 2.24) is 4.57 Å². The van der Waals surface area contributed by atoms with Gasteiger partial charge in [-0.15, -0.1) is 17.9 Å². The summed E-state index contributed by atoms with van der Waals surface area (Å²) < 4.78 is 26.0. The van der Waals surface area contributed by atoms with Crippen LogP contribution in [0.3, 0.4) is 0 Å². The molecular formula is C20H19FN2O2S. The molecule has 4 nitrogen and oxygen atoms in total. The summed E-state index contributed by atoms with van der Waals surface area (Å²) in [7, 11) is 3.27. The minimum Gasteiger partial charge on any atom is -0.497 e. The number of ether oxygens (including phenoxy) is 2. The van der Waals surface area contributed by atoms with E-state index >= 15 is 0 Å². The van der Waals surface area contributed by atoms with E-state index in [2.05, 4.69) is 11.6 Å².